The van der Waals surface area contributed by atoms with Gasteiger partial charge in [0.25, 0.3) is 0 Å². The third-order valence-corrected chi connectivity index (χ3v) is 3.32. The van der Waals surface area contributed by atoms with Crippen molar-refractivity contribution in [2.75, 3.05) is 0 Å². The molecule has 9 heteroatoms. The average Bonchev–Trinajstić information content (AvgIpc) is 3.23. The van der Waals surface area contributed by atoms with Gasteiger partial charge in [-0.15, -0.1) is 0 Å². The Bertz CT molecular complexity index is 826. The molecule has 0 saturated carbocycles. The molecule has 0 fully saturated rings. The Balaban J connectivity index is 0.000000353. The Labute approximate surface area is 167 Å². The Morgan fingerprint density at radius 3 is 1.36 bits per heavy atom. The molecule has 3 aromatic rings. The van der Waals surface area contributed by atoms with Crippen molar-refractivity contribution in [3.8, 4) is 0 Å². The largest absolute Gasteiger partial charge is 0.759 e. The van der Waals surface area contributed by atoms with Crippen LogP contribution >= 0.6 is 0 Å². The minimum atomic E-state index is -5.17. The van der Waals surface area contributed by atoms with Gasteiger partial charge >= 0.3 is 0 Å². The maximum absolute atomic E-state index is 8.52. The van der Waals surface area contributed by atoms with E-state index in [0.717, 1.165) is 13.1 Å². The van der Waals surface area contributed by atoms with Crippen molar-refractivity contribution in [1.82, 2.24) is 9.13 Å². The molecule has 0 bridgehead atoms. The highest BCUT2D eigenvalue weighted by Crippen LogP contribution is 1.92. The average molecular weight is 411 g/mol. The van der Waals surface area contributed by atoms with Crippen LogP contribution in [0, 0.1) is 6.92 Å². The standard InChI is InChI=1S/C7H8.2C6H11N2.H2O4S/c1-7-5-3-2-4-6-7;2*1-3-8-5-4-7(2)6-8;1-5(2,3)4/h2-6H,1H3;2*4-6H,3H2,1-2H3;(H2,1,2,3,4)/q;2*+1;/p-2. The molecular weight excluding hydrogens is 380 g/mol. The number of rotatable bonds is 2. The van der Waals surface area contributed by atoms with Crippen LogP contribution in [-0.2, 0) is 37.6 Å². The van der Waals surface area contributed by atoms with Crippen LogP contribution in [-0.4, -0.2) is 26.7 Å². The van der Waals surface area contributed by atoms with Crippen molar-refractivity contribution in [2.45, 2.75) is 33.9 Å². The molecule has 0 atom stereocenters. The van der Waals surface area contributed by atoms with Gasteiger partial charge in [-0.25, -0.2) is 18.3 Å². The summed E-state index contributed by atoms with van der Waals surface area (Å²) in [4.78, 5) is 0. The molecule has 0 N–H and O–H groups in total. The minimum Gasteiger partial charge on any atom is -0.759 e. The first kappa shape index (κ1) is 25.5. The Morgan fingerprint density at radius 1 is 0.857 bits per heavy atom. The summed E-state index contributed by atoms with van der Waals surface area (Å²) in [7, 11) is -1.13. The molecule has 3 rings (SSSR count). The first-order valence-corrected chi connectivity index (χ1v) is 10.1. The molecule has 0 unspecified atom stereocenters. The van der Waals surface area contributed by atoms with Gasteiger partial charge in [-0.1, -0.05) is 35.9 Å². The second kappa shape index (κ2) is 13.6. The minimum absolute atomic E-state index is 1.06. The topological polar surface area (TPSA) is 97.9 Å². The molecule has 8 nitrogen and oxygen atoms in total. The van der Waals surface area contributed by atoms with Crippen LogP contribution in [0.5, 0.6) is 0 Å². The molecule has 0 saturated heterocycles. The van der Waals surface area contributed by atoms with Crippen LogP contribution in [0.2, 0.25) is 0 Å². The predicted molar refractivity (Wildman–Crippen MR) is 104 cm³/mol. The summed E-state index contributed by atoms with van der Waals surface area (Å²) in [6, 6.07) is 10.3. The fourth-order valence-corrected chi connectivity index (χ4v) is 1.91. The zero-order valence-corrected chi connectivity index (χ0v) is 17.9. The Kier molecular flexibility index (Phi) is 12.4. The van der Waals surface area contributed by atoms with E-state index in [1.54, 1.807) is 0 Å². The highest BCUT2D eigenvalue weighted by molar-refractivity contribution is 7.79. The number of aromatic nitrogens is 4. The Hall–Kier alpha value is -2.49. The van der Waals surface area contributed by atoms with Gasteiger partial charge in [-0.05, 0) is 20.8 Å². The van der Waals surface area contributed by atoms with E-state index in [1.807, 2.05) is 53.8 Å². The smallest absolute Gasteiger partial charge is 0.243 e. The lowest BCUT2D eigenvalue weighted by Gasteiger charge is -2.06. The molecule has 0 aliphatic heterocycles. The van der Waals surface area contributed by atoms with E-state index in [2.05, 4.69) is 67.1 Å². The van der Waals surface area contributed by atoms with Gasteiger partial charge in [0.2, 0.25) is 12.7 Å². The van der Waals surface area contributed by atoms with Crippen molar-refractivity contribution in [3.63, 3.8) is 0 Å². The molecule has 0 amide bonds. The second-order valence-corrected chi connectivity index (χ2v) is 6.70. The van der Waals surface area contributed by atoms with Gasteiger partial charge in [0, 0.05) is 10.4 Å². The van der Waals surface area contributed by atoms with Gasteiger partial charge in [-0.3, -0.25) is 8.42 Å². The highest BCUT2D eigenvalue weighted by Gasteiger charge is 1.93. The first-order chi connectivity index (χ1) is 13.0. The third kappa shape index (κ3) is 15.7. The molecule has 156 valence electrons. The first-order valence-electron chi connectivity index (χ1n) is 8.75. The molecule has 1 aromatic carbocycles. The quantitative estimate of drug-likeness (QED) is 0.361. The second-order valence-electron chi connectivity index (χ2n) is 5.88. The van der Waals surface area contributed by atoms with E-state index in [1.165, 1.54) is 5.56 Å². The third-order valence-electron chi connectivity index (χ3n) is 3.32. The van der Waals surface area contributed by atoms with E-state index in [-0.39, 0.29) is 0 Å². The van der Waals surface area contributed by atoms with Crippen LogP contribution in [0.4, 0.5) is 0 Å². The molecule has 2 aromatic heterocycles. The summed E-state index contributed by atoms with van der Waals surface area (Å²) in [6.07, 6.45) is 12.3. The van der Waals surface area contributed by atoms with E-state index >= 15 is 0 Å². The highest BCUT2D eigenvalue weighted by atomic mass is 32.3. The molecule has 0 spiro atoms. The maximum Gasteiger partial charge on any atom is 0.243 e. The van der Waals surface area contributed by atoms with Crippen molar-refractivity contribution < 1.29 is 26.7 Å². The summed E-state index contributed by atoms with van der Waals surface area (Å²) >= 11 is 0. The fraction of sp³-hybridized carbons (Fsp3) is 0.368. The van der Waals surface area contributed by atoms with Gasteiger partial charge in [-0.2, -0.15) is 0 Å². The van der Waals surface area contributed by atoms with Crippen molar-refractivity contribution in [2.24, 2.45) is 14.1 Å². The summed E-state index contributed by atoms with van der Waals surface area (Å²) in [5, 5.41) is 0. The number of hydrogen-bond donors (Lipinski definition) is 0. The number of benzene rings is 1. The maximum atomic E-state index is 8.52. The lowest BCUT2D eigenvalue weighted by atomic mass is 10.2. The molecule has 2 heterocycles. The van der Waals surface area contributed by atoms with Crippen LogP contribution in [0.15, 0.2) is 67.8 Å². The van der Waals surface area contributed by atoms with Crippen LogP contribution in [0.25, 0.3) is 0 Å². The monoisotopic (exact) mass is 410 g/mol. The summed E-state index contributed by atoms with van der Waals surface area (Å²) in [5.41, 5.74) is 1.32. The molecule has 0 radical (unpaired) electrons. The Morgan fingerprint density at radius 2 is 1.21 bits per heavy atom. The van der Waals surface area contributed by atoms with Gasteiger partial charge < -0.3 is 9.11 Å². The number of aryl methyl sites for hydroxylation is 5. The van der Waals surface area contributed by atoms with Gasteiger partial charge in [0.05, 0.1) is 27.2 Å². The number of hydrogen-bond acceptors (Lipinski definition) is 4. The van der Waals surface area contributed by atoms with Gasteiger partial charge in [0.1, 0.15) is 24.8 Å². The van der Waals surface area contributed by atoms with E-state index in [4.69, 9.17) is 17.5 Å². The molecule has 0 aliphatic rings. The van der Waals surface area contributed by atoms with Crippen LogP contribution < -0.4 is 9.13 Å². The van der Waals surface area contributed by atoms with Crippen molar-refractivity contribution in [3.05, 3.63) is 73.3 Å². The molecule has 0 aliphatic carbocycles. The predicted octanol–water partition coefficient (Wildman–Crippen LogP) is 1.32. The van der Waals surface area contributed by atoms with Crippen LogP contribution in [0.3, 0.4) is 0 Å². The van der Waals surface area contributed by atoms with E-state index in [0.29, 0.717) is 0 Å². The molecule has 28 heavy (non-hydrogen) atoms. The number of nitrogens with zero attached hydrogens (tertiary/aromatic N) is 4. The summed E-state index contributed by atoms with van der Waals surface area (Å²) in [6.45, 7) is 8.45. The molecular formula is C19H30N4O4S. The van der Waals surface area contributed by atoms with Crippen LogP contribution in [0.1, 0.15) is 19.4 Å². The van der Waals surface area contributed by atoms with E-state index < -0.39 is 10.4 Å². The van der Waals surface area contributed by atoms with E-state index in [9.17, 15) is 0 Å². The normalized spacial score (nSPS) is 9.82. The summed E-state index contributed by atoms with van der Waals surface area (Å²) < 4.78 is 42.4. The number of imidazole rings is 2. The van der Waals surface area contributed by atoms with Crippen molar-refractivity contribution in [1.29, 1.82) is 0 Å². The van der Waals surface area contributed by atoms with Gasteiger partial charge in [0.15, 0.2) is 0 Å². The lowest BCUT2D eigenvalue weighted by Crippen LogP contribution is -2.23. The zero-order valence-electron chi connectivity index (χ0n) is 17.1. The zero-order chi connectivity index (χ0) is 21.6. The lowest BCUT2D eigenvalue weighted by molar-refractivity contribution is -0.671. The summed E-state index contributed by atoms with van der Waals surface area (Å²) in [5.74, 6) is 0. The van der Waals surface area contributed by atoms with Crippen molar-refractivity contribution >= 4 is 10.4 Å². The SMILES string of the molecule is CCn1cc[n+](C)c1.CCn1cc[n+](C)c1.Cc1ccccc1.O=S(=O)([O-])[O-]. The fourth-order valence-electron chi connectivity index (χ4n) is 1.91.